The van der Waals surface area contributed by atoms with Gasteiger partial charge in [0.1, 0.15) is 0 Å². The maximum atomic E-state index is 11.6. The quantitative estimate of drug-likeness (QED) is 0.744. The van der Waals surface area contributed by atoms with Crippen molar-refractivity contribution in [3.05, 3.63) is 30.3 Å². The second-order valence-corrected chi connectivity index (χ2v) is 4.85. The normalized spacial score (nSPS) is 29.9. The zero-order valence-corrected chi connectivity index (χ0v) is 10.0. The summed E-state index contributed by atoms with van der Waals surface area (Å²) in [6.45, 7) is 4.36. The zero-order valence-electron chi connectivity index (χ0n) is 10.0. The first kappa shape index (κ1) is 10.6. The Morgan fingerprint density at radius 3 is 2.53 bits per heavy atom. The molecule has 3 rings (SSSR count). The lowest BCUT2D eigenvalue weighted by Gasteiger charge is -2.21. The highest BCUT2D eigenvalue weighted by atomic mass is 16.5. The fourth-order valence-electron chi connectivity index (χ4n) is 2.96. The fourth-order valence-corrected chi connectivity index (χ4v) is 2.96. The van der Waals surface area contributed by atoms with Crippen LogP contribution in [0.3, 0.4) is 0 Å². The predicted octanol–water partition coefficient (Wildman–Crippen LogP) is 1.93. The van der Waals surface area contributed by atoms with Crippen LogP contribution in [0, 0.1) is 17.8 Å². The van der Waals surface area contributed by atoms with Crippen LogP contribution in [0.15, 0.2) is 30.3 Å². The van der Waals surface area contributed by atoms with Crippen molar-refractivity contribution < 1.29 is 9.53 Å². The number of esters is 1. The Hall–Kier alpha value is -1.51. The molecular formula is C14H17NO2. The van der Waals surface area contributed by atoms with E-state index in [9.17, 15) is 4.79 Å². The number of ether oxygens (including phenoxy) is 1. The molecular weight excluding hydrogens is 214 g/mol. The van der Waals surface area contributed by atoms with Crippen molar-refractivity contribution in [3.63, 3.8) is 0 Å². The minimum atomic E-state index is 0.00946. The van der Waals surface area contributed by atoms with Crippen LogP contribution in [-0.4, -0.2) is 25.7 Å². The minimum absolute atomic E-state index is 0.00946. The van der Waals surface area contributed by atoms with E-state index in [2.05, 4.69) is 29.2 Å². The molecule has 0 N–H and O–H groups in total. The highest BCUT2D eigenvalue weighted by molar-refractivity contribution is 5.77. The van der Waals surface area contributed by atoms with Gasteiger partial charge in [-0.05, 0) is 30.9 Å². The van der Waals surface area contributed by atoms with Gasteiger partial charge in [0.2, 0.25) is 0 Å². The van der Waals surface area contributed by atoms with E-state index in [-0.39, 0.29) is 11.9 Å². The lowest BCUT2D eigenvalue weighted by Crippen LogP contribution is -2.26. The van der Waals surface area contributed by atoms with Crippen LogP contribution in [0.2, 0.25) is 0 Å². The van der Waals surface area contributed by atoms with Gasteiger partial charge in [-0.25, -0.2) is 0 Å². The Morgan fingerprint density at radius 1 is 1.29 bits per heavy atom. The molecule has 0 aromatic heterocycles. The lowest BCUT2D eigenvalue weighted by atomic mass is 10.2. The summed E-state index contributed by atoms with van der Waals surface area (Å²) in [6.07, 6.45) is 0. The summed E-state index contributed by atoms with van der Waals surface area (Å²) in [5.74, 6) is 1.23. The lowest BCUT2D eigenvalue weighted by molar-refractivity contribution is -0.145. The van der Waals surface area contributed by atoms with Gasteiger partial charge in [0.15, 0.2) is 0 Å². The monoisotopic (exact) mass is 231 g/mol. The molecule has 0 radical (unpaired) electrons. The summed E-state index contributed by atoms with van der Waals surface area (Å²) in [6, 6.07) is 10.4. The molecule has 2 atom stereocenters. The first-order valence-electron chi connectivity index (χ1n) is 6.28. The Morgan fingerprint density at radius 2 is 1.94 bits per heavy atom. The SMILES string of the molecule is CCOC(=O)C1C2CN(c3ccccc3)CC21. The first-order valence-corrected chi connectivity index (χ1v) is 6.28. The molecule has 1 aliphatic carbocycles. The van der Waals surface area contributed by atoms with Gasteiger partial charge in [-0.1, -0.05) is 18.2 Å². The van der Waals surface area contributed by atoms with Crippen LogP contribution in [0.1, 0.15) is 6.92 Å². The van der Waals surface area contributed by atoms with Gasteiger partial charge in [-0.3, -0.25) is 4.79 Å². The Balaban J connectivity index is 1.60. The van der Waals surface area contributed by atoms with Crippen molar-refractivity contribution in [2.75, 3.05) is 24.6 Å². The number of hydrogen-bond donors (Lipinski definition) is 0. The molecule has 1 aromatic carbocycles. The molecule has 2 fully saturated rings. The molecule has 3 nitrogen and oxygen atoms in total. The molecule has 2 aliphatic rings. The summed E-state index contributed by atoms with van der Waals surface area (Å²) >= 11 is 0. The summed E-state index contributed by atoms with van der Waals surface area (Å²) in [7, 11) is 0. The third-order valence-corrected chi connectivity index (χ3v) is 3.87. The third-order valence-electron chi connectivity index (χ3n) is 3.87. The van der Waals surface area contributed by atoms with E-state index < -0.39 is 0 Å². The number of hydrogen-bond acceptors (Lipinski definition) is 3. The Labute approximate surface area is 101 Å². The van der Waals surface area contributed by atoms with Crippen LogP contribution in [0.25, 0.3) is 0 Å². The number of carbonyl (C=O) groups excluding carboxylic acids is 1. The van der Waals surface area contributed by atoms with E-state index in [1.165, 1.54) is 5.69 Å². The Kier molecular flexibility index (Phi) is 2.54. The number of para-hydroxylation sites is 1. The molecule has 0 amide bonds. The van der Waals surface area contributed by atoms with Crippen molar-refractivity contribution in [3.8, 4) is 0 Å². The smallest absolute Gasteiger partial charge is 0.309 e. The zero-order chi connectivity index (χ0) is 11.8. The van der Waals surface area contributed by atoms with Crippen molar-refractivity contribution in [1.82, 2.24) is 0 Å². The third kappa shape index (κ3) is 1.79. The van der Waals surface area contributed by atoms with Crippen molar-refractivity contribution in [2.45, 2.75) is 6.92 Å². The molecule has 2 unspecified atom stereocenters. The number of benzene rings is 1. The maximum absolute atomic E-state index is 11.6. The average Bonchev–Trinajstić information content (AvgIpc) is 2.86. The van der Waals surface area contributed by atoms with Crippen LogP contribution >= 0.6 is 0 Å². The topological polar surface area (TPSA) is 29.5 Å². The van der Waals surface area contributed by atoms with E-state index in [1.54, 1.807) is 0 Å². The molecule has 0 spiro atoms. The molecule has 3 heteroatoms. The first-order chi connectivity index (χ1) is 8.31. The standard InChI is InChI=1S/C14H17NO2/c1-2-17-14(16)13-11-8-15(9-12(11)13)10-6-4-3-5-7-10/h3-7,11-13H,2,8-9H2,1H3. The van der Waals surface area contributed by atoms with Crippen molar-refractivity contribution in [1.29, 1.82) is 0 Å². The minimum Gasteiger partial charge on any atom is -0.466 e. The summed E-state index contributed by atoms with van der Waals surface area (Å²) in [5.41, 5.74) is 1.27. The van der Waals surface area contributed by atoms with Gasteiger partial charge in [0.05, 0.1) is 12.5 Å². The number of anilines is 1. The van der Waals surface area contributed by atoms with Gasteiger partial charge in [-0.15, -0.1) is 0 Å². The van der Waals surface area contributed by atoms with Crippen LogP contribution in [-0.2, 0) is 9.53 Å². The van der Waals surface area contributed by atoms with E-state index in [0.717, 1.165) is 13.1 Å². The second kappa shape index (κ2) is 4.06. The molecule has 90 valence electrons. The summed E-state index contributed by atoms with van der Waals surface area (Å²) in [5, 5.41) is 0. The molecule has 1 heterocycles. The number of fused-ring (bicyclic) bond motifs is 1. The number of nitrogens with zero attached hydrogens (tertiary/aromatic N) is 1. The van der Waals surface area contributed by atoms with E-state index in [4.69, 9.17) is 4.74 Å². The van der Waals surface area contributed by atoms with Gasteiger partial charge < -0.3 is 9.64 Å². The average molecular weight is 231 g/mol. The molecule has 17 heavy (non-hydrogen) atoms. The largest absolute Gasteiger partial charge is 0.466 e. The van der Waals surface area contributed by atoms with E-state index in [0.29, 0.717) is 18.4 Å². The van der Waals surface area contributed by atoms with Crippen LogP contribution in [0.4, 0.5) is 5.69 Å². The summed E-state index contributed by atoms with van der Waals surface area (Å²) in [4.78, 5) is 14.0. The molecule has 1 aromatic rings. The van der Waals surface area contributed by atoms with Crippen molar-refractivity contribution in [2.24, 2.45) is 17.8 Å². The molecule has 1 saturated carbocycles. The maximum Gasteiger partial charge on any atom is 0.309 e. The van der Waals surface area contributed by atoms with E-state index in [1.807, 2.05) is 13.0 Å². The fraction of sp³-hybridized carbons (Fsp3) is 0.500. The van der Waals surface area contributed by atoms with Gasteiger partial charge in [-0.2, -0.15) is 0 Å². The van der Waals surface area contributed by atoms with Crippen LogP contribution < -0.4 is 4.90 Å². The second-order valence-electron chi connectivity index (χ2n) is 4.85. The van der Waals surface area contributed by atoms with Gasteiger partial charge in [0.25, 0.3) is 0 Å². The number of carbonyl (C=O) groups is 1. The van der Waals surface area contributed by atoms with E-state index >= 15 is 0 Å². The predicted molar refractivity (Wildman–Crippen MR) is 65.8 cm³/mol. The molecule has 0 bridgehead atoms. The molecule has 1 saturated heterocycles. The molecule has 1 aliphatic heterocycles. The van der Waals surface area contributed by atoms with Gasteiger partial charge >= 0.3 is 5.97 Å². The Bertz CT molecular complexity index is 405. The summed E-state index contributed by atoms with van der Waals surface area (Å²) < 4.78 is 5.09. The van der Waals surface area contributed by atoms with Gasteiger partial charge in [0, 0.05) is 18.8 Å². The van der Waals surface area contributed by atoms with Crippen LogP contribution in [0.5, 0.6) is 0 Å². The van der Waals surface area contributed by atoms with Crippen molar-refractivity contribution >= 4 is 11.7 Å². The number of piperidine rings is 1. The highest BCUT2D eigenvalue weighted by Gasteiger charge is 2.60. The highest BCUT2D eigenvalue weighted by Crippen LogP contribution is 2.53. The number of rotatable bonds is 3.